The summed E-state index contributed by atoms with van der Waals surface area (Å²) in [5.74, 6) is -0.108. The van der Waals surface area contributed by atoms with Crippen molar-refractivity contribution in [3.05, 3.63) is 39.4 Å². The van der Waals surface area contributed by atoms with Crippen molar-refractivity contribution in [2.45, 2.75) is 13.3 Å². The molecule has 6 heteroatoms. The number of carbonyl (C=O) groups is 1. The SMILES string of the molecule is Cc1cc([N+](=O)[O-])ccc1C(=O)N(C)CCCBr. The molecule has 1 aromatic rings. The monoisotopic (exact) mass is 314 g/mol. The summed E-state index contributed by atoms with van der Waals surface area (Å²) in [5, 5.41) is 11.5. The minimum Gasteiger partial charge on any atom is -0.342 e. The van der Waals surface area contributed by atoms with Crippen LogP contribution in [0.3, 0.4) is 0 Å². The van der Waals surface area contributed by atoms with Gasteiger partial charge >= 0.3 is 0 Å². The molecule has 18 heavy (non-hydrogen) atoms. The lowest BCUT2D eigenvalue weighted by Gasteiger charge is -2.17. The molecule has 0 unspecified atom stereocenters. The molecule has 0 N–H and O–H groups in total. The average Bonchev–Trinajstić information content (AvgIpc) is 2.34. The van der Waals surface area contributed by atoms with Crippen LogP contribution in [0.2, 0.25) is 0 Å². The third-order valence-corrected chi connectivity index (χ3v) is 3.19. The molecule has 1 rings (SSSR count). The van der Waals surface area contributed by atoms with E-state index in [1.54, 1.807) is 18.9 Å². The van der Waals surface area contributed by atoms with Gasteiger partial charge in [-0.1, -0.05) is 15.9 Å². The summed E-state index contributed by atoms with van der Waals surface area (Å²) >= 11 is 3.31. The molecule has 0 aromatic heterocycles. The Labute approximate surface area is 114 Å². The number of benzene rings is 1. The predicted octanol–water partition coefficient (Wildman–Crippen LogP) is 2.76. The van der Waals surface area contributed by atoms with Crippen LogP contribution in [0.5, 0.6) is 0 Å². The van der Waals surface area contributed by atoms with Crippen LogP contribution in [0.4, 0.5) is 5.69 Å². The molecule has 0 spiro atoms. The largest absolute Gasteiger partial charge is 0.342 e. The topological polar surface area (TPSA) is 63.5 Å². The van der Waals surface area contributed by atoms with Crippen LogP contribution >= 0.6 is 15.9 Å². The van der Waals surface area contributed by atoms with Gasteiger partial charge < -0.3 is 4.90 Å². The van der Waals surface area contributed by atoms with Crippen LogP contribution in [0.1, 0.15) is 22.3 Å². The summed E-state index contributed by atoms with van der Waals surface area (Å²) in [6, 6.07) is 4.30. The smallest absolute Gasteiger partial charge is 0.269 e. The maximum absolute atomic E-state index is 12.1. The number of alkyl halides is 1. The van der Waals surface area contributed by atoms with Gasteiger partial charge in [0.2, 0.25) is 0 Å². The highest BCUT2D eigenvalue weighted by molar-refractivity contribution is 9.09. The summed E-state index contributed by atoms with van der Waals surface area (Å²) < 4.78 is 0. The van der Waals surface area contributed by atoms with E-state index in [1.807, 2.05) is 0 Å². The molecule has 0 aliphatic heterocycles. The normalized spacial score (nSPS) is 10.2. The zero-order valence-corrected chi connectivity index (χ0v) is 11.9. The summed E-state index contributed by atoms with van der Waals surface area (Å²) in [7, 11) is 1.73. The van der Waals surface area contributed by atoms with Gasteiger partial charge in [-0.25, -0.2) is 0 Å². The molecular weight excluding hydrogens is 300 g/mol. The van der Waals surface area contributed by atoms with Crippen molar-refractivity contribution in [2.24, 2.45) is 0 Å². The lowest BCUT2D eigenvalue weighted by atomic mass is 10.1. The molecule has 0 aliphatic rings. The zero-order chi connectivity index (χ0) is 13.7. The Morgan fingerprint density at radius 3 is 2.67 bits per heavy atom. The molecule has 0 fully saturated rings. The first kappa shape index (κ1) is 14.6. The lowest BCUT2D eigenvalue weighted by molar-refractivity contribution is -0.384. The van der Waals surface area contributed by atoms with Crippen LogP contribution in [-0.2, 0) is 0 Å². The average molecular weight is 315 g/mol. The van der Waals surface area contributed by atoms with E-state index in [2.05, 4.69) is 15.9 Å². The van der Waals surface area contributed by atoms with Crippen LogP contribution in [0.15, 0.2) is 18.2 Å². The van der Waals surface area contributed by atoms with Gasteiger partial charge in [0.05, 0.1) is 4.92 Å². The zero-order valence-electron chi connectivity index (χ0n) is 10.4. The first-order valence-corrected chi connectivity index (χ1v) is 6.66. The second-order valence-electron chi connectivity index (χ2n) is 4.03. The van der Waals surface area contributed by atoms with Gasteiger partial charge in [-0.2, -0.15) is 0 Å². The minimum absolute atomic E-state index is 0.00663. The van der Waals surface area contributed by atoms with E-state index in [1.165, 1.54) is 18.2 Å². The van der Waals surface area contributed by atoms with Gasteiger partial charge in [0.25, 0.3) is 11.6 Å². The second-order valence-corrected chi connectivity index (χ2v) is 4.82. The Morgan fingerprint density at radius 2 is 2.17 bits per heavy atom. The summed E-state index contributed by atoms with van der Waals surface area (Å²) in [4.78, 5) is 23.9. The molecular formula is C12H15BrN2O3. The van der Waals surface area contributed by atoms with Crippen LogP contribution < -0.4 is 0 Å². The molecule has 0 radical (unpaired) electrons. The second kappa shape index (κ2) is 6.49. The van der Waals surface area contributed by atoms with E-state index in [0.29, 0.717) is 17.7 Å². The van der Waals surface area contributed by atoms with Gasteiger partial charge in [0, 0.05) is 36.6 Å². The number of hydrogen-bond donors (Lipinski definition) is 0. The number of rotatable bonds is 5. The van der Waals surface area contributed by atoms with Crippen molar-refractivity contribution in [3.63, 3.8) is 0 Å². The fourth-order valence-electron chi connectivity index (χ4n) is 1.61. The van der Waals surface area contributed by atoms with Gasteiger partial charge in [0.15, 0.2) is 0 Å². The van der Waals surface area contributed by atoms with Gasteiger partial charge in [0.1, 0.15) is 0 Å². The first-order valence-electron chi connectivity index (χ1n) is 5.54. The minimum atomic E-state index is -0.462. The first-order chi connectivity index (χ1) is 8.47. The molecule has 0 saturated heterocycles. The molecule has 0 atom stereocenters. The number of non-ortho nitro benzene ring substituents is 1. The van der Waals surface area contributed by atoms with E-state index in [4.69, 9.17) is 0 Å². The van der Waals surface area contributed by atoms with Crippen LogP contribution in [0, 0.1) is 17.0 Å². The van der Waals surface area contributed by atoms with E-state index in [0.717, 1.165) is 11.8 Å². The number of amides is 1. The highest BCUT2D eigenvalue weighted by Gasteiger charge is 2.16. The van der Waals surface area contributed by atoms with Crippen molar-refractivity contribution in [2.75, 3.05) is 18.9 Å². The van der Waals surface area contributed by atoms with Crippen molar-refractivity contribution < 1.29 is 9.72 Å². The van der Waals surface area contributed by atoms with Crippen LogP contribution in [-0.4, -0.2) is 34.7 Å². The maximum atomic E-state index is 12.1. The van der Waals surface area contributed by atoms with E-state index in [9.17, 15) is 14.9 Å². The predicted molar refractivity (Wildman–Crippen MR) is 73.2 cm³/mol. The van der Waals surface area contributed by atoms with Crippen molar-refractivity contribution in [3.8, 4) is 0 Å². The Kier molecular flexibility index (Phi) is 5.27. The lowest BCUT2D eigenvalue weighted by Crippen LogP contribution is -2.28. The number of aryl methyl sites for hydroxylation is 1. The number of carbonyl (C=O) groups excluding carboxylic acids is 1. The number of halogens is 1. The molecule has 1 amide bonds. The number of hydrogen-bond acceptors (Lipinski definition) is 3. The summed E-state index contributed by atoms with van der Waals surface area (Å²) in [6.45, 7) is 2.36. The number of nitrogens with zero attached hydrogens (tertiary/aromatic N) is 2. The fraction of sp³-hybridized carbons (Fsp3) is 0.417. The van der Waals surface area contributed by atoms with Gasteiger partial charge in [-0.15, -0.1) is 0 Å². The molecule has 1 aromatic carbocycles. The standard InChI is InChI=1S/C12H15BrN2O3/c1-9-8-10(15(17)18)4-5-11(9)12(16)14(2)7-3-6-13/h4-5,8H,3,6-7H2,1-2H3. The third kappa shape index (κ3) is 3.53. The quantitative estimate of drug-likeness (QED) is 0.477. The molecule has 0 aliphatic carbocycles. The third-order valence-electron chi connectivity index (χ3n) is 2.63. The Balaban J connectivity index is 2.89. The molecule has 5 nitrogen and oxygen atoms in total. The Hall–Kier alpha value is -1.43. The maximum Gasteiger partial charge on any atom is 0.269 e. The van der Waals surface area contributed by atoms with Gasteiger partial charge in [-0.05, 0) is 25.0 Å². The number of nitro benzene ring substituents is 1. The van der Waals surface area contributed by atoms with Gasteiger partial charge in [-0.3, -0.25) is 14.9 Å². The van der Waals surface area contributed by atoms with E-state index < -0.39 is 4.92 Å². The molecule has 0 saturated carbocycles. The van der Waals surface area contributed by atoms with Crippen molar-refractivity contribution >= 4 is 27.5 Å². The molecule has 0 bridgehead atoms. The Morgan fingerprint density at radius 1 is 1.50 bits per heavy atom. The number of nitro groups is 1. The van der Waals surface area contributed by atoms with Crippen molar-refractivity contribution in [1.29, 1.82) is 0 Å². The van der Waals surface area contributed by atoms with Crippen LogP contribution in [0.25, 0.3) is 0 Å². The Bertz CT molecular complexity index is 463. The highest BCUT2D eigenvalue weighted by atomic mass is 79.9. The van der Waals surface area contributed by atoms with E-state index in [-0.39, 0.29) is 11.6 Å². The summed E-state index contributed by atoms with van der Waals surface area (Å²) in [6.07, 6.45) is 0.869. The highest BCUT2D eigenvalue weighted by Crippen LogP contribution is 2.18. The molecule has 0 heterocycles. The van der Waals surface area contributed by atoms with E-state index >= 15 is 0 Å². The fourth-order valence-corrected chi connectivity index (χ4v) is 1.86. The molecule has 98 valence electrons. The van der Waals surface area contributed by atoms with Crippen molar-refractivity contribution in [1.82, 2.24) is 4.90 Å². The summed E-state index contributed by atoms with van der Waals surface area (Å²) in [5.41, 5.74) is 1.14.